The highest BCUT2D eigenvalue weighted by molar-refractivity contribution is 6.21. The molecule has 3 rings (SSSR count). The summed E-state index contributed by atoms with van der Waals surface area (Å²) < 4.78 is 0. The van der Waals surface area contributed by atoms with Crippen molar-refractivity contribution >= 4 is 35.0 Å². The van der Waals surface area contributed by atoms with Gasteiger partial charge in [0, 0.05) is 30.3 Å². The molecule has 0 saturated heterocycles. The minimum absolute atomic E-state index is 0.0999. The zero-order valence-electron chi connectivity index (χ0n) is 17.3. The van der Waals surface area contributed by atoms with E-state index in [2.05, 4.69) is 10.6 Å². The van der Waals surface area contributed by atoms with Gasteiger partial charge < -0.3 is 10.6 Å². The number of rotatable bonds is 7. The van der Waals surface area contributed by atoms with Gasteiger partial charge in [-0.05, 0) is 43.2 Å². The molecule has 0 fully saturated rings. The molecule has 0 atom stereocenters. The summed E-state index contributed by atoms with van der Waals surface area (Å²) in [6.45, 7) is 5.66. The quantitative estimate of drug-likeness (QED) is 0.686. The monoisotopic (exact) mass is 407 g/mol. The van der Waals surface area contributed by atoms with Crippen molar-refractivity contribution in [3.63, 3.8) is 0 Å². The zero-order chi connectivity index (χ0) is 21.8. The summed E-state index contributed by atoms with van der Waals surface area (Å²) in [5, 5.41) is 5.65. The van der Waals surface area contributed by atoms with Crippen molar-refractivity contribution in [3.05, 3.63) is 59.2 Å². The highest BCUT2D eigenvalue weighted by Crippen LogP contribution is 2.23. The van der Waals surface area contributed by atoms with Gasteiger partial charge >= 0.3 is 0 Å². The number of aryl methyl sites for hydroxylation is 1. The number of nitrogens with zero attached hydrogens (tertiary/aromatic N) is 1. The highest BCUT2D eigenvalue weighted by Gasteiger charge is 2.34. The van der Waals surface area contributed by atoms with Crippen molar-refractivity contribution in [2.24, 2.45) is 5.92 Å². The molecule has 0 bridgehead atoms. The van der Waals surface area contributed by atoms with Crippen LogP contribution < -0.4 is 10.6 Å². The summed E-state index contributed by atoms with van der Waals surface area (Å²) in [6.07, 6.45) is 0.523. The van der Waals surface area contributed by atoms with Gasteiger partial charge in [-0.1, -0.05) is 32.0 Å². The average Bonchev–Trinajstić information content (AvgIpc) is 2.95. The zero-order valence-corrected chi connectivity index (χ0v) is 17.3. The molecule has 1 aliphatic rings. The number of anilines is 2. The number of benzene rings is 2. The van der Waals surface area contributed by atoms with Crippen molar-refractivity contribution in [2.45, 2.75) is 33.6 Å². The van der Waals surface area contributed by atoms with E-state index in [0.29, 0.717) is 28.9 Å². The molecule has 2 N–H and O–H groups in total. The van der Waals surface area contributed by atoms with Crippen molar-refractivity contribution in [2.75, 3.05) is 17.2 Å². The molecule has 1 heterocycles. The first-order chi connectivity index (χ1) is 14.3. The normalized spacial score (nSPS) is 12.9. The van der Waals surface area contributed by atoms with Crippen LogP contribution in [0.15, 0.2) is 42.5 Å². The van der Waals surface area contributed by atoms with Gasteiger partial charge in [0.15, 0.2) is 0 Å². The fourth-order valence-corrected chi connectivity index (χ4v) is 3.17. The van der Waals surface area contributed by atoms with E-state index in [1.54, 1.807) is 50.2 Å². The van der Waals surface area contributed by atoms with Crippen LogP contribution in [0, 0.1) is 12.8 Å². The number of hydrogen-bond donors (Lipinski definition) is 2. The predicted molar refractivity (Wildman–Crippen MR) is 114 cm³/mol. The lowest BCUT2D eigenvalue weighted by molar-refractivity contribution is -0.119. The lowest BCUT2D eigenvalue weighted by atomic mass is 10.1. The van der Waals surface area contributed by atoms with E-state index in [4.69, 9.17) is 0 Å². The first-order valence-electron chi connectivity index (χ1n) is 9.94. The largest absolute Gasteiger partial charge is 0.326 e. The Balaban J connectivity index is 1.55. The molecule has 0 unspecified atom stereocenters. The van der Waals surface area contributed by atoms with Crippen LogP contribution in [-0.2, 0) is 9.59 Å². The summed E-state index contributed by atoms with van der Waals surface area (Å²) in [5.41, 5.74) is 2.90. The van der Waals surface area contributed by atoms with Gasteiger partial charge in [-0.3, -0.25) is 24.1 Å². The Bertz CT molecular complexity index is 978. The van der Waals surface area contributed by atoms with Crippen molar-refractivity contribution in [1.29, 1.82) is 0 Å². The lowest BCUT2D eigenvalue weighted by Crippen LogP contribution is -2.31. The van der Waals surface area contributed by atoms with Crippen molar-refractivity contribution in [1.82, 2.24) is 4.90 Å². The fourth-order valence-electron chi connectivity index (χ4n) is 3.17. The summed E-state index contributed by atoms with van der Waals surface area (Å²) in [6, 6.07) is 12.0. The van der Waals surface area contributed by atoms with Gasteiger partial charge in [0.2, 0.25) is 11.8 Å². The lowest BCUT2D eigenvalue weighted by Gasteiger charge is -2.14. The minimum Gasteiger partial charge on any atom is -0.326 e. The van der Waals surface area contributed by atoms with Crippen LogP contribution in [0.5, 0.6) is 0 Å². The van der Waals surface area contributed by atoms with Gasteiger partial charge in [0.05, 0.1) is 11.1 Å². The summed E-state index contributed by atoms with van der Waals surface area (Å²) in [4.78, 5) is 50.2. The molecule has 2 aromatic rings. The standard InChI is InChI=1S/C23H25N3O4/c1-14(2)21(28)24-16-11-10-15(3)19(13-16)25-20(27)9-6-12-26-22(29)17-7-4-5-8-18(17)23(26)30/h4-5,7-8,10-11,13-14H,6,9,12H2,1-3H3,(H,24,28)(H,25,27). The number of imide groups is 1. The molecule has 30 heavy (non-hydrogen) atoms. The number of amides is 4. The first-order valence-corrected chi connectivity index (χ1v) is 9.94. The molecular formula is C23H25N3O4. The van der Waals surface area contributed by atoms with E-state index in [-0.39, 0.29) is 42.5 Å². The highest BCUT2D eigenvalue weighted by atomic mass is 16.2. The summed E-state index contributed by atoms with van der Waals surface area (Å²) >= 11 is 0. The van der Waals surface area contributed by atoms with Crippen LogP contribution in [0.25, 0.3) is 0 Å². The van der Waals surface area contributed by atoms with E-state index in [0.717, 1.165) is 5.56 Å². The first kappa shape index (κ1) is 21.2. The van der Waals surface area contributed by atoms with E-state index in [1.165, 1.54) is 4.90 Å². The SMILES string of the molecule is Cc1ccc(NC(=O)C(C)C)cc1NC(=O)CCCN1C(=O)c2ccccc2C1=O. The second-order valence-corrected chi connectivity index (χ2v) is 7.63. The minimum atomic E-state index is -0.319. The number of carbonyl (C=O) groups excluding carboxylic acids is 4. The summed E-state index contributed by atoms with van der Waals surface area (Å²) in [7, 11) is 0. The second-order valence-electron chi connectivity index (χ2n) is 7.63. The van der Waals surface area contributed by atoms with Gasteiger partial charge in [-0.2, -0.15) is 0 Å². The molecule has 1 aliphatic heterocycles. The Hall–Kier alpha value is -3.48. The third-order valence-corrected chi connectivity index (χ3v) is 4.97. The third kappa shape index (κ3) is 4.56. The van der Waals surface area contributed by atoms with Crippen LogP contribution in [0.1, 0.15) is 53.0 Å². The Labute approximate surface area is 175 Å². The number of carbonyl (C=O) groups is 4. The van der Waals surface area contributed by atoms with E-state index < -0.39 is 0 Å². The molecular weight excluding hydrogens is 382 g/mol. The predicted octanol–water partition coefficient (Wildman–Crippen LogP) is 3.60. The van der Waals surface area contributed by atoms with Gasteiger partial charge in [0.25, 0.3) is 11.8 Å². The van der Waals surface area contributed by atoms with Crippen molar-refractivity contribution < 1.29 is 19.2 Å². The Morgan fingerprint density at radius 3 is 2.20 bits per heavy atom. The topological polar surface area (TPSA) is 95.6 Å². The molecule has 7 heteroatoms. The van der Waals surface area contributed by atoms with Crippen LogP contribution in [0.2, 0.25) is 0 Å². The van der Waals surface area contributed by atoms with Gasteiger partial charge in [0.1, 0.15) is 0 Å². The number of hydrogen-bond acceptors (Lipinski definition) is 4. The fraction of sp³-hybridized carbons (Fsp3) is 0.304. The van der Waals surface area contributed by atoms with Gasteiger partial charge in [-0.25, -0.2) is 0 Å². The molecule has 0 aliphatic carbocycles. The van der Waals surface area contributed by atoms with E-state index in [9.17, 15) is 19.2 Å². The Morgan fingerprint density at radius 2 is 1.60 bits per heavy atom. The molecule has 2 aromatic carbocycles. The maximum absolute atomic E-state index is 12.4. The van der Waals surface area contributed by atoms with Crippen LogP contribution in [0.3, 0.4) is 0 Å². The molecule has 4 amide bonds. The van der Waals surface area contributed by atoms with Crippen molar-refractivity contribution in [3.8, 4) is 0 Å². The van der Waals surface area contributed by atoms with Crippen LogP contribution >= 0.6 is 0 Å². The molecule has 0 saturated carbocycles. The maximum atomic E-state index is 12.4. The maximum Gasteiger partial charge on any atom is 0.261 e. The average molecular weight is 407 g/mol. The summed E-state index contributed by atoms with van der Waals surface area (Å²) in [5.74, 6) is -1.11. The molecule has 7 nitrogen and oxygen atoms in total. The number of fused-ring (bicyclic) bond motifs is 1. The molecule has 0 spiro atoms. The Morgan fingerprint density at radius 1 is 0.967 bits per heavy atom. The van der Waals surface area contributed by atoms with Crippen LogP contribution in [0.4, 0.5) is 11.4 Å². The van der Waals surface area contributed by atoms with E-state index in [1.807, 2.05) is 13.0 Å². The Kier molecular flexibility index (Phi) is 6.30. The molecule has 0 aromatic heterocycles. The van der Waals surface area contributed by atoms with Gasteiger partial charge in [-0.15, -0.1) is 0 Å². The van der Waals surface area contributed by atoms with E-state index >= 15 is 0 Å². The third-order valence-electron chi connectivity index (χ3n) is 4.97. The smallest absolute Gasteiger partial charge is 0.261 e. The van der Waals surface area contributed by atoms with Crippen LogP contribution in [-0.4, -0.2) is 35.1 Å². The molecule has 0 radical (unpaired) electrons. The molecule has 156 valence electrons. The second kappa shape index (κ2) is 8.90. The number of nitrogens with one attached hydrogen (secondary N) is 2.